The first kappa shape index (κ1) is 14.8. The molecule has 0 aliphatic carbocycles. The Balaban J connectivity index is 1.85. The topological polar surface area (TPSA) is 69.0 Å². The number of nitrogens with zero attached hydrogens (tertiary/aromatic N) is 3. The maximum Gasteiger partial charge on any atom is 0.573 e. The van der Waals surface area contributed by atoms with Crippen LogP contribution < -0.4 is 10.1 Å². The molecule has 0 saturated carbocycles. The minimum absolute atomic E-state index is 0.239. The lowest BCUT2D eigenvalue weighted by Crippen LogP contribution is -2.27. The van der Waals surface area contributed by atoms with Crippen molar-refractivity contribution in [1.82, 2.24) is 20.1 Å². The van der Waals surface area contributed by atoms with Crippen LogP contribution in [-0.2, 0) is 6.54 Å². The Bertz CT molecular complexity index is 582. The molecule has 1 heterocycles. The van der Waals surface area contributed by atoms with Gasteiger partial charge in [-0.15, -0.1) is 13.2 Å². The summed E-state index contributed by atoms with van der Waals surface area (Å²) in [5, 5.41) is 6.48. The molecule has 1 amide bonds. The molecule has 0 atom stereocenters. The third kappa shape index (κ3) is 4.79. The van der Waals surface area contributed by atoms with E-state index in [1.165, 1.54) is 24.8 Å². The van der Waals surface area contributed by atoms with Gasteiger partial charge in [0, 0.05) is 12.1 Å². The molecular formula is C12H11F3N4O2. The predicted molar refractivity (Wildman–Crippen MR) is 65.5 cm³/mol. The van der Waals surface area contributed by atoms with Crippen molar-refractivity contribution in [3.05, 3.63) is 42.5 Å². The Labute approximate surface area is 117 Å². The van der Waals surface area contributed by atoms with E-state index in [0.29, 0.717) is 13.1 Å². The van der Waals surface area contributed by atoms with E-state index in [9.17, 15) is 18.0 Å². The van der Waals surface area contributed by atoms with Gasteiger partial charge < -0.3 is 10.1 Å². The van der Waals surface area contributed by atoms with Crippen LogP contribution in [0.4, 0.5) is 13.2 Å². The maximum atomic E-state index is 12.0. The molecule has 2 aromatic rings. The maximum absolute atomic E-state index is 12.0. The van der Waals surface area contributed by atoms with E-state index in [-0.39, 0.29) is 11.3 Å². The lowest BCUT2D eigenvalue weighted by atomic mass is 10.2. The summed E-state index contributed by atoms with van der Waals surface area (Å²) in [5.41, 5.74) is 0.239. The summed E-state index contributed by atoms with van der Waals surface area (Å²) in [4.78, 5) is 15.5. The van der Waals surface area contributed by atoms with E-state index in [1.54, 1.807) is 4.68 Å². The highest BCUT2D eigenvalue weighted by atomic mass is 19.4. The number of halogens is 3. The molecule has 0 saturated heterocycles. The first-order chi connectivity index (χ1) is 9.94. The molecule has 112 valence electrons. The lowest BCUT2D eigenvalue weighted by molar-refractivity contribution is -0.274. The molecule has 0 spiro atoms. The zero-order valence-corrected chi connectivity index (χ0v) is 10.7. The number of hydrogen-bond donors (Lipinski definition) is 1. The second-order valence-electron chi connectivity index (χ2n) is 3.99. The van der Waals surface area contributed by atoms with Gasteiger partial charge in [0.1, 0.15) is 18.4 Å². The number of nitrogens with one attached hydrogen (secondary N) is 1. The largest absolute Gasteiger partial charge is 0.573 e. The van der Waals surface area contributed by atoms with Crippen molar-refractivity contribution < 1.29 is 22.7 Å². The number of carbonyl (C=O) groups excluding carboxylic acids is 1. The van der Waals surface area contributed by atoms with Gasteiger partial charge in [-0.05, 0) is 24.3 Å². The van der Waals surface area contributed by atoms with Crippen molar-refractivity contribution in [1.29, 1.82) is 0 Å². The summed E-state index contributed by atoms with van der Waals surface area (Å²) in [7, 11) is 0. The highest BCUT2D eigenvalue weighted by Crippen LogP contribution is 2.22. The fourth-order valence-electron chi connectivity index (χ4n) is 1.54. The average molecular weight is 300 g/mol. The van der Waals surface area contributed by atoms with E-state index in [2.05, 4.69) is 20.1 Å². The van der Waals surface area contributed by atoms with Crippen LogP contribution in [0, 0.1) is 0 Å². The Morgan fingerprint density at radius 3 is 2.57 bits per heavy atom. The summed E-state index contributed by atoms with van der Waals surface area (Å²) in [6, 6.07) is 4.68. The Hall–Kier alpha value is -2.58. The highest BCUT2D eigenvalue weighted by molar-refractivity contribution is 5.94. The first-order valence-electron chi connectivity index (χ1n) is 5.90. The second-order valence-corrected chi connectivity index (χ2v) is 3.99. The van der Waals surface area contributed by atoms with E-state index in [0.717, 1.165) is 12.1 Å². The Kier molecular flexibility index (Phi) is 4.41. The molecule has 0 fully saturated rings. The van der Waals surface area contributed by atoms with Gasteiger partial charge >= 0.3 is 6.36 Å². The van der Waals surface area contributed by atoms with Gasteiger partial charge in [-0.25, -0.2) is 4.98 Å². The molecule has 0 unspecified atom stereocenters. The number of amides is 1. The van der Waals surface area contributed by atoms with Crippen molar-refractivity contribution in [2.75, 3.05) is 6.54 Å². The van der Waals surface area contributed by atoms with Gasteiger partial charge in [0.25, 0.3) is 5.91 Å². The van der Waals surface area contributed by atoms with E-state index in [4.69, 9.17) is 0 Å². The lowest BCUT2D eigenvalue weighted by Gasteiger charge is -2.09. The van der Waals surface area contributed by atoms with Gasteiger partial charge in [0.15, 0.2) is 0 Å². The average Bonchev–Trinajstić information content (AvgIpc) is 2.91. The molecule has 9 heteroatoms. The zero-order chi connectivity index (χ0) is 15.3. The van der Waals surface area contributed by atoms with E-state index < -0.39 is 12.3 Å². The normalized spacial score (nSPS) is 11.2. The molecule has 1 aromatic heterocycles. The fourth-order valence-corrected chi connectivity index (χ4v) is 1.54. The summed E-state index contributed by atoms with van der Waals surface area (Å²) >= 11 is 0. The monoisotopic (exact) mass is 300 g/mol. The van der Waals surface area contributed by atoms with Crippen LogP contribution in [0.3, 0.4) is 0 Å². The smallest absolute Gasteiger partial charge is 0.406 e. The van der Waals surface area contributed by atoms with Crippen LogP contribution >= 0.6 is 0 Å². The molecule has 0 radical (unpaired) electrons. The van der Waals surface area contributed by atoms with Gasteiger partial charge in [-0.3, -0.25) is 9.48 Å². The number of rotatable bonds is 5. The number of alkyl halides is 3. The minimum atomic E-state index is -4.75. The van der Waals surface area contributed by atoms with Crippen molar-refractivity contribution in [2.24, 2.45) is 0 Å². The van der Waals surface area contributed by atoms with Gasteiger partial charge in [-0.2, -0.15) is 5.10 Å². The second kappa shape index (κ2) is 6.25. The number of benzene rings is 1. The van der Waals surface area contributed by atoms with Crippen LogP contribution in [0.5, 0.6) is 5.75 Å². The summed E-state index contributed by atoms with van der Waals surface area (Å²) in [5.74, 6) is -0.768. The SMILES string of the molecule is O=C(NCCn1cncn1)c1ccc(OC(F)(F)F)cc1. The van der Waals surface area contributed by atoms with Crippen molar-refractivity contribution >= 4 is 5.91 Å². The number of ether oxygens (including phenoxy) is 1. The molecular weight excluding hydrogens is 289 g/mol. The molecule has 21 heavy (non-hydrogen) atoms. The van der Waals surface area contributed by atoms with Crippen LogP contribution in [0.15, 0.2) is 36.9 Å². The van der Waals surface area contributed by atoms with E-state index >= 15 is 0 Å². The quantitative estimate of drug-likeness (QED) is 0.911. The molecule has 1 aromatic carbocycles. The number of aromatic nitrogens is 3. The molecule has 6 nitrogen and oxygen atoms in total. The minimum Gasteiger partial charge on any atom is -0.406 e. The first-order valence-corrected chi connectivity index (χ1v) is 5.90. The molecule has 0 aliphatic rings. The fraction of sp³-hybridized carbons (Fsp3) is 0.250. The molecule has 0 bridgehead atoms. The van der Waals surface area contributed by atoms with Gasteiger partial charge in [0.05, 0.1) is 6.54 Å². The van der Waals surface area contributed by atoms with Crippen molar-refractivity contribution in [3.63, 3.8) is 0 Å². The third-order valence-corrected chi connectivity index (χ3v) is 2.44. The summed E-state index contributed by atoms with van der Waals surface area (Å²) in [6.45, 7) is 0.768. The zero-order valence-electron chi connectivity index (χ0n) is 10.7. The molecule has 0 aliphatic heterocycles. The van der Waals surface area contributed by atoms with E-state index in [1.807, 2.05) is 0 Å². The Morgan fingerprint density at radius 1 is 1.29 bits per heavy atom. The number of carbonyl (C=O) groups is 1. The van der Waals surface area contributed by atoms with Gasteiger partial charge in [-0.1, -0.05) is 0 Å². The summed E-state index contributed by atoms with van der Waals surface area (Å²) < 4.78 is 41.2. The standard InChI is InChI=1S/C12H11F3N4O2/c13-12(14,15)21-10-3-1-9(2-4-10)11(20)17-5-6-19-8-16-7-18-19/h1-4,7-8H,5-6H2,(H,17,20). The predicted octanol–water partition coefficient (Wildman–Crippen LogP) is 1.61. The van der Waals surface area contributed by atoms with Crippen molar-refractivity contribution in [2.45, 2.75) is 12.9 Å². The van der Waals surface area contributed by atoms with Gasteiger partial charge in [0.2, 0.25) is 0 Å². The molecule has 2 rings (SSSR count). The third-order valence-electron chi connectivity index (χ3n) is 2.44. The van der Waals surface area contributed by atoms with Crippen LogP contribution in [-0.4, -0.2) is 33.6 Å². The Morgan fingerprint density at radius 2 is 2.00 bits per heavy atom. The highest BCUT2D eigenvalue weighted by Gasteiger charge is 2.31. The number of hydrogen-bond acceptors (Lipinski definition) is 4. The molecule has 1 N–H and O–H groups in total. The van der Waals surface area contributed by atoms with Crippen LogP contribution in [0.1, 0.15) is 10.4 Å². The summed E-state index contributed by atoms with van der Waals surface area (Å²) in [6.07, 6.45) is -1.86. The van der Waals surface area contributed by atoms with Crippen LogP contribution in [0.25, 0.3) is 0 Å². The van der Waals surface area contributed by atoms with Crippen LogP contribution in [0.2, 0.25) is 0 Å². The van der Waals surface area contributed by atoms with Crippen molar-refractivity contribution in [3.8, 4) is 5.75 Å².